The highest BCUT2D eigenvalue weighted by Gasteiger charge is 3.13. The van der Waals surface area contributed by atoms with Gasteiger partial charge in [-0.25, -0.2) is 9.67 Å². The molecule has 7 fully saturated rings. The predicted molar refractivity (Wildman–Crippen MR) is 73.7 cm³/mol. The fourth-order valence-electron chi connectivity index (χ4n) is 7.89. The van der Waals surface area contributed by atoms with E-state index in [4.69, 9.17) is 0 Å². The minimum Gasteiger partial charge on any atom is -0.481 e. The molecule has 0 radical (unpaired) electrons. The van der Waals surface area contributed by atoms with Crippen molar-refractivity contribution >= 4 is 11.9 Å². The van der Waals surface area contributed by atoms with Crippen molar-refractivity contribution < 1.29 is 14.7 Å². The number of carbonyl (C=O) groups is 2. The molecule has 1 aromatic rings. The van der Waals surface area contributed by atoms with Gasteiger partial charge in [-0.2, -0.15) is 5.10 Å². The summed E-state index contributed by atoms with van der Waals surface area (Å²) < 4.78 is 1.87. The molecule has 2 N–H and O–H groups in total. The molecule has 0 spiro atoms. The lowest BCUT2D eigenvalue weighted by Crippen LogP contribution is -3.12. The van der Waals surface area contributed by atoms with E-state index in [0.29, 0.717) is 42.1 Å². The topological polar surface area (TPSA) is 97.1 Å². The fraction of sp³-hybridized carbons (Fsp3) is 0.750. The Labute approximate surface area is 131 Å². The first-order valence-electron chi connectivity index (χ1n) is 8.48. The third-order valence-corrected chi connectivity index (χ3v) is 8.70. The number of amides is 1. The number of rotatable bonds is 5. The van der Waals surface area contributed by atoms with Gasteiger partial charge in [0.05, 0.1) is 16.4 Å². The van der Waals surface area contributed by atoms with E-state index in [9.17, 15) is 14.7 Å². The summed E-state index contributed by atoms with van der Waals surface area (Å²) in [5.41, 5.74) is -0.636. The van der Waals surface area contributed by atoms with Crippen LogP contribution >= 0.6 is 0 Å². The van der Waals surface area contributed by atoms with Crippen LogP contribution < -0.4 is 5.32 Å². The second kappa shape index (κ2) is 2.80. The molecule has 7 aliphatic carbocycles. The van der Waals surface area contributed by atoms with E-state index >= 15 is 0 Å². The van der Waals surface area contributed by atoms with Gasteiger partial charge in [0.15, 0.2) is 0 Å². The monoisotopic (exact) mass is 312 g/mol. The largest absolute Gasteiger partial charge is 0.481 e. The Balaban J connectivity index is 1.10. The summed E-state index contributed by atoms with van der Waals surface area (Å²) in [7, 11) is 0. The summed E-state index contributed by atoms with van der Waals surface area (Å²) in [5.74, 6) is 1.66. The summed E-state index contributed by atoms with van der Waals surface area (Å²) in [4.78, 5) is 28.4. The maximum atomic E-state index is 12.8. The summed E-state index contributed by atoms with van der Waals surface area (Å²) in [6, 6.07) is 0. The fourth-order valence-corrected chi connectivity index (χ4v) is 7.89. The van der Waals surface area contributed by atoms with Gasteiger partial charge in [0.2, 0.25) is 5.91 Å². The molecule has 0 saturated heterocycles. The van der Waals surface area contributed by atoms with Crippen LogP contribution in [0.2, 0.25) is 0 Å². The molecule has 0 aliphatic heterocycles. The maximum Gasteiger partial charge on any atom is 0.310 e. The number of carboxylic acids is 1. The van der Waals surface area contributed by atoms with Crippen molar-refractivity contribution in [2.24, 2.45) is 46.3 Å². The molecular weight excluding hydrogens is 296 g/mol. The van der Waals surface area contributed by atoms with E-state index in [1.807, 2.05) is 4.68 Å². The van der Waals surface area contributed by atoms with Crippen molar-refractivity contribution in [3.8, 4) is 0 Å². The second-order valence-corrected chi connectivity index (χ2v) is 8.57. The molecule has 118 valence electrons. The minimum atomic E-state index is -0.599. The Kier molecular flexibility index (Phi) is 1.41. The van der Waals surface area contributed by atoms with Gasteiger partial charge in [-0.3, -0.25) is 9.59 Å². The SMILES string of the molecule is O=C(O)C12C3C4C1C1C2C3C41C(=O)NCC1(n2cncn2)CC1. The second-order valence-electron chi connectivity index (χ2n) is 8.57. The molecule has 8 rings (SSSR count). The zero-order chi connectivity index (χ0) is 15.4. The third kappa shape index (κ3) is 0.742. The highest BCUT2D eigenvalue weighted by atomic mass is 16.4. The molecule has 0 bridgehead atoms. The Morgan fingerprint density at radius 1 is 1.13 bits per heavy atom. The first-order valence-corrected chi connectivity index (χ1v) is 8.48. The van der Waals surface area contributed by atoms with E-state index in [1.54, 1.807) is 6.33 Å². The van der Waals surface area contributed by atoms with E-state index in [-0.39, 0.29) is 22.3 Å². The first-order chi connectivity index (χ1) is 11.1. The van der Waals surface area contributed by atoms with Crippen LogP contribution in [-0.2, 0) is 15.1 Å². The molecule has 1 heterocycles. The van der Waals surface area contributed by atoms with Crippen LogP contribution in [0.3, 0.4) is 0 Å². The number of nitrogens with zero attached hydrogens (tertiary/aromatic N) is 3. The van der Waals surface area contributed by atoms with Crippen LogP contribution in [0.15, 0.2) is 12.7 Å². The summed E-state index contributed by atoms with van der Waals surface area (Å²) in [5, 5.41) is 16.9. The van der Waals surface area contributed by atoms with E-state index < -0.39 is 5.97 Å². The van der Waals surface area contributed by atoms with Gasteiger partial charge in [-0.15, -0.1) is 0 Å². The lowest BCUT2D eigenvalue weighted by molar-refractivity contribution is -0.626. The normalized spacial score (nSPS) is 56.0. The number of aliphatic carboxylic acids is 1. The highest BCUT2D eigenvalue weighted by Crippen LogP contribution is 3.10. The Bertz CT molecular complexity index is 758. The lowest BCUT2D eigenvalue weighted by atomic mass is 8.92. The zero-order valence-electron chi connectivity index (χ0n) is 12.3. The summed E-state index contributed by atoms with van der Waals surface area (Å²) >= 11 is 0. The smallest absolute Gasteiger partial charge is 0.310 e. The summed E-state index contributed by atoms with van der Waals surface area (Å²) in [6.45, 7) is 0.618. The van der Waals surface area contributed by atoms with Crippen LogP contribution in [0, 0.1) is 46.3 Å². The van der Waals surface area contributed by atoms with Crippen molar-refractivity contribution in [1.82, 2.24) is 20.1 Å². The van der Waals surface area contributed by atoms with Crippen LogP contribution in [0.5, 0.6) is 0 Å². The summed E-state index contributed by atoms with van der Waals surface area (Å²) in [6.07, 6.45) is 5.30. The molecule has 1 aromatic heterocycles. The van der Waals surface area contributed by atoms with Crippen LogP contribution in [0.4, 0.5) is 0 Å². The van der Waals surface area contributed by atoms with Gasteiger partial charge in [0.25, 0.3) is 0 Å². The zero-order valence-corrected chi connectivity index (χ0v) is 12.3. The number of aromatic nitrogens is 3. The average molecular weight is 312 g/mol. The molecule has 7 heteroatoms. The van der Waals surface area contributed by atoms with Gasteiger partial charge in [-0.05, 0) is 48.3 Å². The van der Waals surface area contributed by atoms with Gasteiger partial charge in [-0.1, -0.05) is 0 Å². The molecule has 23 heavy (non-hydrogen) atoms. The molecule has 0 atom stereocenters. The number of carboxylic acid groups (broad SMARTS) is 1. The van der Waals surface area contributed by atoms with Gasteiger partial charge < -0.3 is 10.4 Å². The maximum absolute atomic E-state index is 12.8. The lowest BCUT2D eigenvalue weighted by Gasteiger charge is -3.09. The van der Waals surface area contributed by atoms with Crippen molar-refractivity contribution in [3.05, 3.63) is 12.7 Å². The van der Waals surface area contributed by atoms with Crippen molar-refractivity contribution in [2.45, 2.75) is 18.4 Å². The van der Waals surface area contributed by atoms with E-state index in [1.165, 1.54) is 6.33 Å². The van der Waals surface area contributed by atoms with Crippen molar-refractivity contribution in [2.75, 3.05) is 6.54 Å². The molecular formula is C16H16N4O3. The van der Waals surface area contributed by atoms with Gasteiger partial charge in [0.1, 0.15) is 12.7 Å². The predicted octanol–water partition coefficient (Wildman–Crippen LogP) is -0.294. The number of hydrogen-bond donors (Lipinski definition) is 2. The Hall–Kier alpha value is -1.92. The molecule has 7 aliphatic rings. The quantitative estimate of drug-likeness (QED) is 0.778. The molecule has 0 aromatic carbocycles. The number of hydrogen-bond acceptors (Lipinski definition) is 4. The van der Waals surface area contributed by atoms with Crippen molar-refractivity contribution in [1.29, 1.82) is 0 Å². The van der Waals surface area contributed by atoms with E-state index in [2.05, 4.69) is 15.4 Å². The van der Waals surface area contributed by atoms with Crippen molar-refractivity contribution in [3.63, 3.8) is 0 Å². The standard InChI is InChI=1S/C16H16N4O3/c21-12(18-3-14(1-2-14)20-5-17-4-19-20)15-6-9-7(15)11-8(15)10(6)16(9,11)13(22)23/h4-11H,1-3H2,(H,18,21)(H,22,23). The van der Waals surface area contributed by atoms with E-state index in [0.717, 1.165) is 12.8 Å². The Morgan fingerprint density at radius 3 is 2.22 bits per heavy atom. The van der Waals surface area contributed by atoms with Gasteiger partial charge in [0, 0.05) is 6.54 Å². The van der Waals surface area contributed by atoms with Crippen LogP contribution in [0.25, 0.3) is 0 Å². The molecule has 7 saturated carbocycles. The Morgan fingerprint density at radius 2 is 1.74 bits per heavy atom. The highest BCUT2D eigenvalue weighted by molar-refractivity contribution is 5.98. The minimum absolute atomic E-state index is 0.0761. The first kappa shape index (κ1) is 11.6. The molecule has 0 unspecified atom stereocenters. The van der Waals surface area contributed by atoms with Crippen LogP contribution in [0.1, 0.15) is 12.8 Å². The van der Waals surface area contributed by atoms with Gasteiger partial charge >= 0.3 is 5.97 Å². The molecule has 7 nitrogen and oxygen atoms in total. The average Bonchev–Trinajstić information content (AvgIpc) is 3.14. The number of carbonyl (C=O) groups excluding carboxylic acids is 1. The van der Waals surface area contributed by atoms with Crippen LogP contribution in [-0.4, -0.2) is 38.3 Å². The number of nitrogens with one attached hydrogen (secondary N) is 1. The third-order valence-electron chi connectivity index (χ3n) is 8.70. The molecule has 1 amide bonds.